The molecule has 0 saturated carbocycles. The molecule has 3 fully saturated rings. The van der Waals surface area contributed by atoms with E-state index in [-0.39, 0.29) is 5.82 Å². The summed E-state index contributed by atoms with van der Waals surface area (Å²) in [5.41, 5.74) is 1.83. The molecule has 0 atom stereocenters. The summed E-state index contributed by atoms with van der Waals surface area (Å²) in [5, 5.41) is 0. The number of rotatable bonds is 2. The first-order valence-corrected chi connectivity index (χ1v) is 7.00. The Kier molecular flexibility index (Phi) is 2.70. The van der Waals surface area contributed by atoms with Gasteiger partial charge in [0.1, 0.15) is 11.6 Å². The van der Waals surface area contributed by atoms with E-state index < -0.39 is 0 Å². The molecule has 0 N–H and O–H groups in total. The van der Waals surface area contributed by atoms with Crippen molar-refractivity contribution < 1.29 is 4.39 Å². The van der Waals surface area contributed by atoms with E-state index in [2.05, 4.69) is 14.8 Å². The molecule has 0 amide bonds. The Balaban J connectivity index is 1.59. The number of piperazine rings is 2. The highest BCUT2D eigenvalue weighted by Crippen LogP contribution is 2.27. The van der Waals surface area contributed by atoms with Crippen molar-refractivity contribution in [2.24, 2.45) is 0 Å². The first-order valence-electron chi connectivity index (χ1n) is 7.00. The van der Waals surface area contributed by atoms with Gasteiger partial charge in [-0.15, -0.1) is 0 Å². The quantitative estimate of drug-likeness (QED) is 0.834. The Morgan fingerprint density at radius 2 is 1.95 bits per heavy atom. The van der Waals surface area contributed by atoms with Crippen molar-refractivity contribution in [2.45, 2.75) is 6.04 Å². The lowest BCUT2D eigenvalue weighted by Gasteiger charge is -2.51. The van der Waals surface area contributed by atoms with E-state index in [1.54, 1.807) is 12.1 Å². The second-order valence-corrected chi connectivity index (χ2v) is 5.52. The van der Waals surface area contributed by atoms with Crippen molar-refractivity contribution in [3.05, 3.63) is 48.4 Å². The zero-order valence-corrected chi connectivity index (χ0v) is 11.2. The van der Waals surface area contributed by atoms with Crippen LogP contribution in [0.2, 0.25) is 0 Å². The van der Waals surface area contributed by atoms with Crippen molar-refractivity contribution in [2.75, 3.05) is 31.1 Å². The molecule has 3 aliphatic rings. The number of halogens is 1. The number of hydrogen-bond acceptors (Lipinski definition) is 3. The van der Waals surface area contributed by atoms with Gasteiger partial charge in [0, 0.05) is 37.9 Å². The molecule has 0 radical (unpaired) electrons. The fraction of sp³-hybridized carbons (Fsp3) is 0.312. The summed E-state index contributed by atoms with van der Waals surface area (Å²) in [7, 11) is 0. The minimum atomic E-state index is -0.211. The van der Waals surface area contributed by atoms with Gasteiger partial charge in [-0.25, -0.2) is 9.37 Å². The molecule has 0 aliphatic carbocycles. The van der Waals surface area contributed by atoms with Crippen LogP contribution in [0.1, 0.15) is 0 Å². The summed E-state index contributed by atoms with van der Waals surface area (Å²) in [4.78, 5) is 9.41. The average Bonchev–Trinajstić information content (AvgIpc) is 2.47. The molecule has 2 bridgehead atoms. The van der Waals surface area contributed by atoms with E-state index in [1.165, 1.54) is 6.07 Å². The topological polar surface area (TPSA) is 19.4 Å². The maximum absolute atomic E-state index is 13.2. The van der Waals surface area contributed by atoms with Gasteiger partial charge in [0.25, 0.3) is 0 Å². The van der Waals surface area contributed by atoms with Gasteiger partial charge in [-0.3, -0.25) is 4.90 Å². The van der Waals surface area contributed by atoms with E-state index in [0.29, 0.717) is 6.04 Å². The van der Waals surface area contributed by atoms with E-state index >= 15 is 0 Å². The molecular formula is C16H16FN3. The zero-order valence-electron chi connectivity index (χ0n) is 11.2. The molecule has 2 aromatic rings. The van der Waals surface area contributed by atoms with E-state index in [9.17, 15) is 4.39 Å². The van der Waals surface area contributed by atoms with Crippen molar-refractivity contribution in [3.63, 3.8) is 0 Å². The van der Waals surface area contributed by atoms with Crippen LogP contribution in [0.25, 0.3) is 11.1 Å². The molecule has 3 nitrogen and oxygen atoms in total. The van der Waals surface area contributed by atoms with E-state index in [0.717, 1.165) is 43.1 Å². The number of benzene rings is 1. The Hall–Kier alpha value is -1.94. The predicted molar refractivity (Wildman–Crippen MR) is 77.2 cm³/mol. The minimum Gasteiger partial charge on any atom is -0.350 e. The van der Waals surface area contributed by atoms with Crippen LogP contribution in [-0.2, 0) is 0 Å². The van der Waals surface area contributed by atoms with Gasteiger partial charge >= 0.3 is 0 Å². The fourth-order valence-corrected chi connectivity index (χ4v) is 3.05. The van der Waals surface area contributed by atoms with Crippen LogP contribution in [0.15, 0.2) is 42.6 Å². The number of anilines is 1. The third-order valence-electron chi connectivity index (χ3n) is 4.24. The Morgan fingerprint density at radius 3 is 2.60 bits per heavy atom. The molecular weight excluding hydrogens is 253 g/mol. The molecule has 4 heterocycles. The second kappa shape index (κ2) is 4.56. The van der Waals surface area contributed by atoms with E-state index in [4.69, 9.17) is 0 Å². The van der Waals surface area contributed by atoms with Crippen LogP contribution in [-0.4, -0.2) is 42.1 Å². The molecule has 20 heavy (non-hydrogen) atoms. The summed E-state index contributed by atoms with van der Waals surface area (Å²) in [6, 6.07) is 11.3. The van der Waals surface area contributed by atoms with Gasteiger partial charge in [-0.2, -0.15) is 0 Å². The smallest absolute Gasteiger partial charge is 0.128 e. The highest BCUT2D eigenvalue weighted by atomic mass is 19.1. The van der Waals surface area contributed by atoms with Crippen molar-refractivity contribution >= 4 is 5.82 Å². The molecule has 3 aliphatic heterocycles. The van der Waals surface area contributed by atoms with Gasteiger partial charge in [0.2, 0.25) is 0 Å². The van der Waals surface area contributed by atoms with Crippen molar-refractivity contribution in [1.82, 2.24) is 9.88 Å². The van der Waals surface area contributed by atoms with Gasteiger partial charge in [-0.05, 0) is 29.8 Å². The zero-order chi connectivity index (χ0) is 13.5. The van der Waals surface area contributed by atoms with Crippen LogP contribution >= 0.6 is 0 Å². The van der Waals surface area contributed by atoms with Crippen LogP contribution in [0.5, 0.6) is 0 Å². The standard InChI is InChI=1S/C16H16FN3/c17-14-3-1-2-12(8-14)13-4-5-16(18-9-13)20-7-6-19-10-15(20)11-19/h1-5,8-9,15H,6-7,10-11H2. The average molecular weight is 269 g/mol. The second-order valence-electron chi connectivity index (χ2n) is 5.52. The Labute approximate surface area is 117 Å². The number of pyridine rings is 1. The largest absolute Gasteiger partial charge is 0.350 e. The molecule has 5 rings (SSSR count). The van der Waals surface area contributed by atoms with Crippen molar-refractivity contribution in [1.29, 1.82) is 0 Å². The molecule has 1 aromatic heterocycles. The fourth-order valence-electron chi connectivity index (χ4n) is 3.05. The molecule has 102 valence electrons. The summed E-state index contributed by atoms with van der Waals surface area (Å²) < 4.78 is 13.2. The van der Waals surface area contributed by atoms with Gasteiger partial charge in [0.15, 0.2) is 0 Å². The molecule has 4 heteroatoms. The summed E-state index contributed by atoms with van der Waals surface area (Å²) in [5.74, 6) is 0.826. The highest BCUT2D eigenvalue weighted by Gasteiger charge is 2.37. The lowest BCUT2D eigenvalue weighted by molar-refractivity contribution is 0.109. The summed E-state index contributed by atoms with van der Waals surface area (Å²) in [6.45, 7) is 4.50. The highest BCUT2D eigenvalue weighted by molar-refractivity contribution is 5.64. The number of nitrogens with zero attached hydrogens (tertiary/aromatic N) is 3. The van der Waals surface area contributed by atoms with Gasteiger partial charge in [0.05, 0.1) is 6.04 Å². The Bertz CT molecular complexity index is 617. The third-order valence-corrected chi connectivity index (χ3v) is 4.24. The lowest BCUT2D eigenvalue weighted by Crippen LogP contribution is -2.66. The normalized spacial score (nSPS) is 24.4. The van der Waals surface area contributed by atoms with Gasteiger partial charge in [-0.1, -0.05) is 12.1 Å². The molecule has 0 unspecified atom stereocenters. The SMILES string of the molecule is Fc1cccc(-c2ccc(N3CCN4CC3C4)nc2)c1. The summed E-state index contributed by atoms with van der Waals surface area (Å²) in [6.07, 6.45) is 1.84. The lowest BCUT2D eigenvalue weighted by atomic mass is 10.0. The minimum absolute atomic E-state index is 0.211. The van der Waals surface area contributed by atoms with Crippen LogP contribution in [0, 0.1) is 5.82 Å². The number of fused-ring (bicyclic) bond motifs is 2. The predicted octanol–water partition coefficient (Wildman–Crippen LogP) is 2.39. The number of aromatic nitrogens is 1. The first-order chi connectivity index (χ1) is 9.79. The summed E-state index contributed by atoms with van der Waals surface area (Å²) >= 11 is 0. The molecule has 3 saturated heterocycles. The number of hydrogen-bond donors (Lipinski definition) is 0. The van der Waals surface area contributed by atoms with Crippen LogP contribution in [0.4, 0.5) is 10.2 Å². The maximum Gasteiger partial charge on any atom is 0.128 e. The van der Waals surface area contributed by atoms with Crippen LogP contribution < -0.4 is 4.90 Å². The van der Waals surface area contributed by atoms with Gasteiger partial charge < -0.3 is 4.90 Å². The van der Waals surface area contributed by atoms with E-state index in [1.807, 2.05) is 24.4 Å². The molecule has 1 aromatic carbocycles. The first kappa shape index (κ1) is 11.9. The monoisotopic (exact) mass is 269 g/mol. The molecule has 0 spiro atoms. The maximum atomic E-state index is 13.2. The van der Waals surface area contributed by atoms with Crippen molar-refractivity contribution in [3.8, 4) is 11.1 Å². The third kappa shape index (κ3) is 1.96. The Morgan fingerprint density at radius 1 is 1.05 bits per heavy atom. The van der Waals surface area contributed by atoms with Crippen LogP contribution in [0.3, 0.4) is 0 Å².